The van der Waals surface area contributed by atoms with Crippen LogP contribution in [0.2, 0.25) is 0 Å². The van der Waals surface area contributed by atoms with E-state index in [4.69, 9.17) is 10.2 Å². The number of amides is 1. The average molecular weight is 182 g/mol. The molecule has 0 atom stereocenters. The molecule has 0 saturated heterocycles. The van der Waals surface area contributed by atoms with Crippen molar-refractivity contribution in [3.05, 3.63) is 5.89 Å². The Morgan fingerprint density at radius 2 is 2.38 bits per heavy atom. The Morgan fingerprint density at radius 1 is 1.62 bits per heavy atom. The molecule has 1 saturated carbocycles. The first-order valence-electron chi connectivity index (χ1n) is 4.13. The zero-order valence-corrected chi connectivity index (χ0v) is 6.99. The zero-order chi connectivity index (χ0) is 9.26. The van der Waals surface area contributed by atoms with Crippen LogP contribution in [0.1, 0.15) is 24.7 Å². The molecule has 1 aromatic heterocycles. The predicted molar refractivity (Wildman–Crippen MR) is 44.0 cm³/mol. The van der Waals surface area contributed by atoms with Crippen molar-refractivity contribution in [1.29, 1.82) is 0 Å². The van der Waals surface area contributed by atoms with Gasteiger partial charge in [0.2, 0.25) is 11.8 Å². The van der Waals surface area contributed by atoms with Gasteiger partial charge in [-0.3, -0.25) is 10.1 Å². The van der Waals surface area contributed by atoms with Crippen LogP contribution >= 0.6 is 0 Å². The van der Waals surface area contributed by atoms with Crippen LogP contribution in [-0.4, -0.2) is 22.6 Å². The molecular weight excluding hydrogens is 172 g/mol. The summed E-state index contributed by atoms with van der Waals surface area (Å²) in [7, 11) is 0. The minimum atomic E-state index is -0.328. The van der Waals surface area contributed by atoms with Crippen LogP contribution in [-0.2, 0) is 4.79 Å². The number of aromatic nitrogens is 2. The molecule has 0 radical (unpaired) electrons. The SMILES string of the molecule is NCC(=O)Nc1nnc(C2CC2)o1. The largest absolute Gasteiger partial charge is 0.408 e. The van der Waals surface area contributed by atoms with E-state index in [0.717, 1.165) is 12.8 Å². The summed E-state index contributed by atoms with van der Waals surface area (Å²) in [5.41, 5.74) is 5.10. The van der Waals surface area contributed by atoms with E-state index in [2.05, 4.69) is 15.5 Å². The molecule has 1 aliphatic rings. The van der Waals surface area contributed by atoms with Gasteiger partial charge < -0.3 is 10.2 Å². The first-order valence-corrected chi connectivity index (χ1v) is 4.13. The fourth-order valence-corrected chi connectivity index (χ4v) is 0.951. The van der Waals surface area contributed by atoms with Crippen molar-refractivity contribution in [1.82, 2.24) is 10.2 Å². The van der Waals surface area contributed by atoms with Gasteiger partial charge in [0, 0.05) is 5.92 Å². The summed E-state index contributed by atoms with van der Waals surface area (Å²) in [6.45, 7) is -0.0822. The summed E-state index contributed by atoms with van der Waals surface area (Å²) in [6.07, 6.45) is 2.18. The maximum atomic E-state index is 10.8. The molecule has 13 heavy (non-hydrogen) atoms. The second-order valence-electron chi connectivity index (χ2n) is 2.97. The minimum Gasteiger partial charge on any atom is -0.408 e. The standard InChI is InChI=1S/C7H10N4O2/c8-3-5(12)9-7-11-10-6(13-7)4-1-2-4/h4H,1-3,8H2,(H,9,11,12). The first-order chi connectivity index (χ1) is 6.29. The second-order valence-corrected chi connectivity index (χ2v) is 2.97. The van der Waals surface area contributed by atoms with E-state index in [9.17, 15) is 4.79 Å². The second kappa shape index (κ2) is 3.14. The maximum Gasteiger partial charge on any atom is 0.322 e. The van der Waals surface area contributed by atoms with Crippen LogP contribution < -0.4 is 11.1 Å². The van der Waals surface area contributed by atoms with Crippen LogP contribution in [0.5, 0.6) is 0 Å². The molecule has 2 rings (SSSR count). The lowest BCUT2D eigenvalue weighted by atomic mass is 10.4. The normalized spacial score (nSPS) is 15.8. The molecule has 1 heterocycles. The Kier molecular flexibility index (Phi) is 1.97. The molecule has 0 unspecified atom stereocenters. The summed E-state index contributed by atoms with van der Waals surface area (Å²) in [6, 6.07) is 0.136. The highest BCUT2D eigenvalue weighted by Crippen LogP contribution is 2.39. The molecule has 6 nitrogen and oxygen atoms in total. The third-order valence-corrected chi connectivity index (χ3v) is 1.80. The maximum absolute atomic E-state index is 10.8. The molecule has 0 bridgehead atoms. The number of carbonyl (C=O) groups is 1. The molecule has 0 aromatic carbocycles. The highest BCUT2D eigenvalue weighted by atomic mass is 16.4. The summed E-state index contributed by atoms with van der Waals surface area (Å²) in [5, 5.41) is 9.84. The summed E-state index contributed by atoms with van der Waals surface area (Å²) < 4.78 is 5.17. The van der Waals surface area contributed by atoms with E-state index in [0.29, 0.717) is 11.8 Å². The molecule has 1 aliphatic carbocycles. The molecule has 0 aliphatic heterocycles. The molecule has 1 aromatic rings. The predicted octanol–water partition coefficient (Wildman–Crippen LogP) is -0.156. The Morgan fingerprint density at radius 3 is 3.00 bits per heavy atom. The minimum absolute atomic E-state index is 0.0822. The molecule has 70 valence electrons. The lowest BCUT2D eigenvalue weighted by molar-refractivity contribution is -0.115. The van der Waals surface area contributed by atoms with Gasteiger partial charge in [0.15, 0.2) is 0 Å². The topological polar surface area (TPSA) is 94.0 Å². The van der Waals surface area contributed by atoms with Crippen molar-refractivity contribution in [3.63, 3.8) is 0 Å². The van der Waals surface area contributed by atoms with Crippen LogP contribution in [0.15, 0.2) is 4.42 Å². The van der Waals surface area contributed by atoms with Crippen molar-refractivity contribution in [2.75, 3.05) is 11.9 Å². The number of carbonyl (C=O) groups excluding carboxylic acids is 1. The molecule has 1 amide bonds. The van der Waals surface area contributed by atoms with Crippen LogP contribution in [0.3, 0.4) is 0 Å². The van der Waals surface area contributed by atoms with E-state index >= 15 is 0 Å². The van der Waals surface area contributed by atoms with Gasteiger partial charge in [-0.25, -0.2) is 0 Å². The van der Waals surface area contributed by atoms with Gasteiger partial charge in [0.05, 0.1) is 6.54 Å². The summed E-state index contributed by atoms with van der Waals surface area (Å²) >= 11 is 0. The Labute approximate surface area is 74.5 Å². The van der Waals surface area contributed by atoms with E-state index in [1.54, 1.807) is 0 Å². The lowest BCUT2D eigenvalue weighted by Crippen LogP contribution is -2.21. The van der Waals surface area contributed by atoms with E-state index < -0.39 is 0 Å². The third-order valence-electron chi connectivity index (χ3n) is 1.80. The van der Waals surface area contributed by atoms with E-state index in [1.807, 2.05) is 0 Å². The Bertz CT molecular complexity index is 318. The van der Waals surface area contributed by atoms with Gasteiger partial charge in [-0.2, -0.15) is 0 Å². The van der Waals surface area contributed by atoms with Crippen molar-refractivity contribution in [3.8, 4) is 0 Å². The van der Waals surface area contributed by atoms with Crippen molar-refractivity contribution in [2.24, 2.45) is 5.73 Å². The number of nitrogens with one attached hydrogen (secondary N) is 1. The van der Waals surface area contributed by atoms with Gasteiger partial charge in [0.25, 0.3) is 0 Å². The highest BCUT2D eigenvalue weighted by Gasteiger charge is 2.29. The molecule has 0 spiro atoms. The Balaban J connectivity index is 2.00. The summed E-state index contributed by atoms with van der Waals surface area (Å²) in [4.78, 5) is 10.8. The van der Waals surface area contributed by atoms with Crippen molar-refractivity contribution >= 4 is 11.9 Å². The first kappa shape index (κ1) is 8.18. The molecule has 1 fully saturated rings. The lowest BCUT2D eigenvalue weighted by Gasteiger charge is -1.93. The van der Waals surface area contributed by atoms with Gasteiger partial charge >= 0.3 is 6.01 Å². The molecule has 3 N–H and O–H groups in total. The smallest absolute Gasteiger partial charge is 0.322 e. The summed E-state index contributed by atoms with van der Waals surface area (Å²) in [5.74, 6) is 0.675. The van der Waals surface area contributed by atoms with Crippen molar-refractivity contribution in [2.45, 2.75) is 18.8 Å². The number of hydrogen-bond donors (Lipinski definition) is 2. The monoisotopic (exact) mass is 182 g/mol. The van der Waals surface area contributed by atoms with Gasteiger partial charge in [-0.15, -0.1) is 5.10 Å². The fraction of sp³-hybridized carbons (Fsp3) is 0.571. The van der Waals surface area contributed by atoms with E-state index in [-0.39, 0.29) is 18.5 Å². The fourth-order valence-electron chi connectivity index (χ4n) is 0.951. The number of anilines is 1. The number of rotatable bonds is 3. The average Bonchev–Trinajstić information content (AvgIpc) is 2.88. The van der Waals surface area contributed by atoms with Gasteiger partial charge in [-0.1, -0.05) is 5.10 Å². The van der Waals surface area contributed by atoms with Crippen LogP contribution in [0.25, 0.3) is 0 Å². The zero-order valence-electron chi connectivity index (χ0n) is 6.99. The van der Waals surface area contributed by atoms with E-state index in [1.165, 1.54) is 0 Å². The van der Waals surface area contributed by atoms with Crippen LogP contribution in [0, 0.1) is 0 Å². The van der Waals surface area contributed by atoms with Crippen molar-refractivity contribution < 1.29 is 9.21 Å². The molecular formula is C7H10N4O2. The highest BCUT2D eigenvalue weighted by molar-refractivity contribution is 5.89. The van der Waals surface area contributed by atoms with Gasteiger partial charge in [-0.05, 0) is 12.8 Å². The number of hydrogen-bond acceptors (Lipinski definition) is 5. The number of nitrogens with zero attached hydrogens (tertiary/aromatic N) is 2. The van der Waals surface area contributed by atoms with Crippen LogP contribution in [0.4, 0.5) is 6.01 Å². The quantitative estimate of drug-likeness (QED) is 0.677. The Hall–Kier alpha value is -1.43. The molecule has 6 heteroatoms. The van der Waals surface area contributed by atoms with Gasteiger partial charge in [0.1, 0.15) is 0 Å². The third kappa shape index (κ3) is 1.83. The number of nitrogens with two attached hydrogens (primary N) is 1.